The summed E-state index contributed by atoms with van der Waals surface area (Å²) in [6.07, 6.45) is 4.15. The first kappa shape index (κ1) is 18.6. The third kappa shape index (κ3) is 4.91. The van der Waals surface area contributed by atoms with Crippen LogP contribution in [0.4, 0.5) is 11.5 Å². The second-order valence-electron chi connectivity index (χ2n) is 6.26. The summed E-state index contributed by atoms with van der Waals surface area (Å²) in [6.45, 7) is 5.73. The molecule has 1 aromatic heterocycles. The number of nitrogens with zero attached hydrogens (tertiary/aromatic N) is 3. The quantitative estimate of drug-likeness (QED) is 0.682. The number of carbonyl (C=O) groups excluding carboxylic acids is 1. The van der Waals surface area contributed by atoms with Crippen LogP contribution >= 0.6 is 0 Å². The molecule has 0 fully saturated rings. The van der Waals surface area contributed by atoms with Gasteiger partial charge in [-0.15, -0.1) is 0 Å². The van der Waals surface area contributed by atoms with Crippen LogP contribution in [0.2, 0.25) is 0 Å². The lowest BCUT2D eigenvalue weighted by atomic mass is 10.1. The molecule has 3 aromatic rings. The normalized spacial score (nSPS) is 10.4. The smallest absolute Gasteiger partial charge is 0.275 e. The Labute approximate surface area is 160 Å². The molecule has 0 aliphatic heterocycles. The summed E-state index contributed by atoms with van der Waals surface area (Å²) >= 11 is 0. The van der Waals surface area contributed by atoms with Gasteiger partial charge >= 0.3 is 0 Å². The van der Waals surface area contributed by atoms with Crippen LogP contribution in [0.3, 0.4) is 0 Å². The summed E-state index contributed by atoms with van der Waals surface area (Å²) < 4.78 is 0. The predicted octanol–water partition coefficient (Wildman–Crippen LogP) is 4.32. The number of aryl methyl sites for hydroxylation is 1. The first-order chi connectivity index (χ1) is 13.2. The number of hydrogen-bond acceptors (Lipinski definition) is 4. The molecule has 0 atom stereocenters. The van der Waals surface area contributed by atoms with Crippen molar-refractivity contribution in [1.29, 1.82) is 0 Å². The van der Waals surface area contributed by atoms with Crippen LogP contribution in [-0.2, 0) is 13.0 Å². The maximum absolute atomic E-state index is 12.4. The van der Waals surface area contributed by atoms with Crippen LogP contribution in [0, 0.1) is 0 Å². The van der Waals surface area contributed by atoms with Crippen LogP contribution in [0.25, 0.3) is 0 Å². The summed E-state index contributed by atoms with van der Waals surface area (Å²) in [7, 11) is 0. The number of anilines is 2. The van der Waals surface area contributed by atoms with Crippen molar-refractivity contribution in [1.82, 2.24) is 9.97 Å². The van der Waals surface area contributed by atoms with Gasteiger partial charge in [0.1, 0.15) is 11.5 Å². The van der Waals surface area contributed by atoms with Crippen LogP contribution in [0.5, 0.6) is 0 Å². The molecular weight excluding hydrogens is 336 g/mol. The Bertz CT molecular complexity index is 861. The Morgan fingerprint density at radius 3 is 2.26 bits per heavy atom. The highest BCUT2D eigenvalue weighted by Crippen LogP contribution is 2.15. The standard InChI is InChI=1S/C22H24N4O/c1-3-17-10-12-19(13-11-17)25-22(27)20-14-24-21(15-23-20)26(4-2)16-18-8-6-5-7-9-18/h5-15H,3-4,16H2,1-2H3,(H,25,27). The fraction of sp³-hybridized carbons (Fsp3) is 0.227. The highest BCUT2D eigenvalue weighted by molar-refractivity contribution is 6.02. The van der Waals surface area contributed by atoms with E-state index in [2.05, 4.69) is 46.2 Å². The highest BCUT2D eigenvalue weighted by Gasteiger charge is 2.11. The molecule has 0 aliphatic rings. The fourth-order valence-electron chi connectivity index (χ4n) is 2.78. The summed E-state index contributed by atoms with van der Waals surface area (Å²) in [6, 6.07) is 18.0. The maximum Gasteiger partial charge on any atom is 0.275 e. The second-order valence-corrected chi connectivity index (χ2v) is 6.26. The van der Waals surface area contributed by atoms with Crippen LogP contribution in [0.15, 0.2) is 67.0 Å². The summed E-state index contributed by atoms with van der Waals surface area (Å²) in [4.78, 5) is 23.2. The predicted molar refractivity (Wildman–Crippen MR) is 109 cm³/mol. The fourth-order valence-corrected chi connectivity index (χ4v) is 2.78. The Kier molecular flexibility index (Phi) is 6.15. The molecule has 1 heterocycles. The van der Waals surface area contributed by atoms with Crippen molar-refractivity contribution >= 4 is 17.4 Å². The van der Waals surface area contributed by atoms with Crippen molar-refractivity contribution in [3.05, 3.63) is 83.8 Å². The first-order valence-electron chi connectivity index (χ1n) is 9.20. The second kappa shape index (κ2) is 8.94. The molecule has 0 spiro atoms. The summed E-state index contributed by atoms with van der Waals surface area (Å²) in [5, 5.41) is 2.86. The molecular formula is C22H24N4O. The van der Waals surface area contributed by atoms with E-state index in [-0.39, 0.29) is 5.91 Å². The molecule has 0 aliphatic carbocycles. The van der Waals surface area contributed by atoms with E-state index < -0.39 is 0 Å². The van der Waals surface area contributed by atoms with Gasteiger partial charge in [-0.1, -0.05) is 49.4 Å². The zero-order valence-electron chi connectivity index (χ0n) is 15.7. The zero-order valence-corrected chi connectivity index (χ0v) is 15.7. The van der Waals surface area contributed by atoms with E-state index in [4.69, 9.17) is 0 Å². The molecule has 27 heavy (non-hydrogen) atoms. The van der Waals surface area contributed by atoms with E-state index >= 15 is 0 Å². The van der Waals surface area contributed by atoms with Gasteiger partial charge in [0.2, 0.25) is 0 Å². The number of aromatic nitrogens is 2. The maximum atomic E-state index is 12.4. The average molecular weight is 360 g/mol. The number of carbonyl (C=O) groups is 1. The van der Waals surface area contributed by atoms with Gasteiger partial charge in [0.05, 0.1) is 12.4 Å². The summed E-state index contributed by atoms with van der Waals surface area (Å²) in [5.41, 5.74) is 3.49. The molecule has 1 N–H and O–H groups in total. The van der Waals surface area contributed by atoms with E-state index in [0.29, 0.717) is 5.69 Å². The minimum Gasteiger partial charge on any atom is -0.351 e. The van der Waals surface area contributed by atoms with Crippen molar-refractivity contribution < 1.29 is 4.79 Å². The van der Waals surface area contributed by atoms with E-state index in [0.717, 1.165) is 31.0 Å². The van der Waals surface area contributed by atoms with Crippen molar-refractivity contribution in [2.45, 2.75) is 26.8 Å². The third-order valence-electron chi connectivity index (χ3n) is 4.41. The lowest BCUT2D eigenvalue weighted by Gasteiger charge is -2.21. The Morgan fingerprint density at radius 2 is 1.67 bits per heavy atom. The molecule has 138 valence electrons. The number of rotatable bonds is 7. The van der Waals surface area contributed by atoms with E-state index in [1.807, 2.05) is 42.5 Å². The summed E-state index contributed by atoms with van der Waals surface area (Å²) in [5.74, 6) is 0.495. The molecule has 1 amide bonds. The van der Waals surface area contributed by atoms with Gasteiger partial charge in [-0.3, -0.25) is 4.79 Å². The number of nitrogens with one attached hydrogen (secondary N) is 1. The molecule has 0 saturated heterocycles. The highest BCUT2D eigenvalue weighted by atomic mass is 16.1. The number of hydrogen-bond donors (Lipinski definition) is 1. The minimum atomic E-state index is -0.260. The van der Waals surface area contributed by atoms with E-state index in [9.17, 15) is 4.79 Å². The molecule has 5 nitrogen and oxygen atoms in total. The minimum absolute atomic E-state index is 0.260. The molecule has 0 radical (unpaired) electrons. The van der Waals surface area contributed by atoms with Crippen LogP contribution < -0.4 is 10.2 Å². The Hall–Kier alpha value is -3.21. The monoisotopic (exact) mass is 360 g/mol. The first-order valence-corrected chi connectivity index (χ1v) is 9.20. The van der Waals surface area contributed by atoms with Crippen LogP contribution in [0.1, 0.15) is 35.5 Å². The van der Waals surface area contributed by atoms with Crippen molar-refractivity contribution in [2.75, 3.05) is 16.8 Å². The largest absolute Gasteiger partial charge is 0.351 e. The lowest BCUT2D eigenvalue weighted by molar-refractivity contribution is 0.102. The number of amides is 1. The molecule has 0 saturated carbocycles. The molecule has 0 unspecified atom stereocenters. The molecule has 0 bridgehead atoms. The van der Waals surface area contributed by atoms with Gasteiger partial charge in [0, 0.05) is 18.8 Å². The van der Waals surface area contributed by atoms with Crippen LogP contribution in [-0.4, -0.2) is 22.4 Å². The number of benzene rings is 2. The Balaban J connectivity index is 1.66. The van der Waals surface area contributed by atoms with Gasteiger partial charge in [-0.2, -0.15) is 0 Å². The van der Waals surface area contributed by atoms with Crippen molar-refractivity contribution in [2.24, 2.45) is 0 Å². The van der Waals surface area contributed by atoms with E-state index in [1.54, 1.807) is 6.20 Å². The van der Waals surface area contributed by atoms with Gasteiger partial charge in [-0.05, 0) is 36.6 Å². The van der Waals surface area contributed by atoms with Gasteiger partial charge < -0.3 is 10.2 Å². The van der Waals surface area contributed by atoms with Crippen molar-refractivity contribution in [3.8, 4) is 0 Å². The zero-order chi connectivity index (χ0) is 19.1. The van der Waals surface area contributed by atoms with Gasteiger partial charge in [0.25, 0.3) is 5.91 Å². The molecule has 3 rings (SSSR count). The van der Waals surface area contributed by atoms with Gasteiger partial charge in [-0.25, -0.2) is 9.97 Å². The lowest BCUT2D eigenvalue weighted by Crippen LogP contribution is -2.24. The molecule has 5 heteroatoms. The average Bonchev–Trinajstić information content (AvgIpc) is 2.73. The van der Waals surface area contributed by atoms with Crippen molar-refractivity contribution in [3.63, 3.8) is 0 Å². The SMILES string of the molecule is CCc1ccc(NC(=O)c2cnc(N(CC)Cc3ccccc3)cn2)cc1. The Morgan fingerprint density at radius 1 is 0.926 bits per heavy atom. The third-order valence-corrected chi connectivity index (χ3v) is 4.41. The van der Waals surface area contributed by atoms with Gasteiger partial charge in [0.15, 0.2) is 0 Å². The molecule has 2 aromatic carbocycles. The van der Waals surface area contributed by atoms with E-state index in [1.165, 1.54) is 17.3 Å². The topological polar surface area (TPSA) is 58.1 Å².